The van der Waals surface area contributed by atoms with Gasteiger partial charge >= 0.3 is 35.9 Å². The molecule has 1 aliphatic rings. The van der Waals surface area contributed by atoms with Crippen LogP contribution < -0.4 is 39.4 Å². The predicted molar refractivity (Wildman–Crippen MR) is 99.8 cm³/mol. The first-order chi connectivity index (χ1) is 14.3. The summed E-state index contributed by atoms with van der Waals surface area (Å²) >= 11 is 1.33. The number of alkyl halides is 3. The molecule has 0 amide bonds. The van der Waals surface area contributed by atoms with E-state index in [0.29, 0.717) is 16.3 Å². The first kappa shape index (κ1) is 23.6. The number of carboxylic acid groups (broad SMARTS) is 1. The van der Waals surface area contributed by atoms with Crippen LogP contribution in [0, 0.1) is 0 Å². The quantitative estimate of drug-likeness (QED) is 0.299. The summed E-state index contributed by atoms with van der Waals surface area (Å²) in [4.78, 5) is 24.7. The van der Waals surface area contributed by atoms with Gasteiger partial charge in [0.1, 0.15) is 17.3 Å². The van der Waals surface area contributed by atoms with Crippen molar-refractivity contribution in [2.45, 2.75) is 30.4 Å². The van der Waals surface area contributed by atoms with Crippen LogP contribution in [0.5, 0.6) is 5.75 Å². The van der Waals surface area contributed by atoms with Gasteiger partial charge in [-0.1, -0.05) is 23.9 Å². The number of imidazole rings is 1. The van der Waals surface area contributed by atoms with Gasteiger partial charge in [-0.25, -0.2) is 15.0 Å². The molecule has 3 aromatic rings. The number of thioether (sulfide) groups is 1. The largest absolute Gasteiger partial charge is 1.00 e. The third-order valence-corrected chi connectivity index (χ3v) is 5.00. The Kier molecular flexibility index (Phi) is 6.99. The summed E-state index contributed by atoms with van der Waals surface area (Å²) in [6.45, 7) is 0. The van der Waals surface area contributed by atoms with Crippen LogP contribution in [0.2, 0.25) is 0 Å². The van der Waals surface area contributed by atoms with E-state index in [1.165, 1.54) is 40.9 Å². The molecule has 0 bridgehead atoms. The molecule has 0 aliphatic heterocycles. The Hall–Kier alpha value is -2.08. The summed E-state index contributed by atoms with van der Waals surface area (Å²) in [5.74, 6) is -1.64. The molecule has 7 nitrogen and oxygen atoms in total. The molecule has 0 saturated heterocycles. The molecule has 0 N–H and O–H groups in total. The summed E-state index contributed by atoms with van der Waals surface area (Å²) in [6.07, 6.45) is 1.32. The number of hydrogen-bond donors (Lipinski definition) is 0. The zero-order valence-electron chi connectivity index (χ0n) is 16.5. The minimum absolute atomic E-state index is 0. The van der Waals surface area contributed by atoms with Crippen molar-refractivity contribution in [1.29, 1.82) is 0 Å². The number of carbonyl (C=O) groups excluding carboxylic acids is 1. The molecule has 31 heavy (non-hydrogen) atoms. The van der Waals surface area contributed by atoms with E-state index in [0.717, 1.165) is 18.9 Å². The molecule has 1 aliphatic carbocycles. The summed E-state index contributed by atoms with van der Waals surface area (Å²) in [5, 5.41) is 12.5. The van der Waals surface area contributed by atoms with Crippen LogP contribution in [0.15, 0.2) is 41.8 Å². The Balaban J connectivity index is 0.00000272. The van der Waals surface area contributed by atoms with Crippen molar-refractivity contribution < 1.29 is 57.4 Å². The first-order valence-corrected chi connectivity index (χ1v) is 10.1. The molecular weight excluding hydrogens is 444 g/mol. The van der Waals surface area contributed by atoms with Gasteiger partial charge in [-0.15, -0.1) is 13.2 Å². The van der Waals surface area contributed by atoms with Gasteiger partial charge in [-0.05, 0) is 31.2 Å². The molecule has 0 spiro atoms. The fourth-order valence-corrected chi connectivity index (χ4v) is 3.41. The van der Waals surface area contributed by atoms with Crippen LogP contribution in [0.25, 0.3) is 22.6 Å². The van der Waals surface area contributed by atoms with E-state index in [1.54, 1.807) is 12.3 Å². The van der Waals surface area contributed by atoms with Gasteiger partial charge in [-0.2, -0.15) is 0 Å². The molecule has 12 heteroatoms. The number of carbonyl (C=O) groups is 1. The number of aromatic nitrogens is 4. The maximum absolute atomic E-state index is 12.6. The van der Waals surface area contributed by atoms with Crippen LogP contribution in [0.3, 0.4) is 0 Å². The topological polar surface area (TPSA) is 93.0 Å². The van der Waals surface area contributed by atoms with Crippen molar-refractivity contribution >= 4 is 17.7 Å². The Bertz CT molecular complexity index is 1100. The molecule has 156 valence electrons. The number of benzene rings is 1. The molecule has 2 aromatic heterocycles. The number of ether oxygens (including phenoxy) is 1. The summed E-state index contributed by atoms with van der Waals surface area (Å²) in [5.41, 5.74) is 0.608. The average molecular weight is 458 g/mol. The van der Waals surface area contributed by atoms with Crippen molar-refractivity contribution in [2.75, 3.05) is 6.26 Å². The predicted octanol–water partition coefficient (Wildman–Crippen LogP) is 0.330. The minimum atomic E-state index is -4.85. The summed E-state index contributed by atoms with van der Waals surface area (Å²) in [6, 6.07) is 5.13. The van der Waals surface area contributed by atoms with Crippen molar-refractivity contribution in [1.82, 2.24) is 19.5 Å². The molecule has 1 fully saturated rings. The number of halogens is 3. The number of rotatable bonds is 6. The zero-order chi connectivity index (χ0) is 21.5. The van der Waals surface area contributed by atoms with Gasteiger partial charge in [0.05, 0.1) is 11.7 Å². The molecular formula is C19H14F3N4NaO3S. The van der Waals surface area contributed by atoms with Crippen molar-refractivity contribution in [2.24, 2.45) is 0 Å². The van der Waals surface area contributed by atoms with Gasteiger partial charge in [-0.3, -0.25) is 0 Å². The van der Waals surface area contributed by atoms with Crippen LogP contribution in [0.4, 0.5) is 13.2 Å². The van der Waals surface area contributed by atoms with Crippen LogP contribution >= 0.6 is 11.8 Å². The Morgan fingerprint density at radius 2 is 1.90 bits per heavy atom. The van der Waals surface area contributed by atoms with Crippen LogP contribution in [-0.4, -0.2) is 38.1 Å². The first-order valence-electron chi connectivity index (χ1n) is 8.83. The smallest absolute Gasteiger partial charge is 0.543 e. The normalized spacial score (nSPS) is 13.5. The molecule has 0 radical (unpaired) electrons. The van der Waals surface area contributed by atoms with E-state index in [1.807, 2.05) is 0 Å². The van der Waals surface area contributed by atoms with E-state index in [4.69, 9.17) is 0 Å². The standard InChI is InChI=1S/C19H15F3N4O3S.Na/c1-30-18-23-8-11(9-24-18)14-15(17(27)28)26(12-5-6-12)16(25-14)10-3-2-4-13(7-10)29-19(20,21)22;/h2-4,7-9,12H,5-6H2,1H3,(H,27,28);/q;+1/p-1. The average Bonchev–Trinajstić information content (AvgIpc) is 3.45. The Morgan fingerprint density at radius 3 is 2.45 bits per heavy atom. The summed E-state index contributed by atoms with van der Waals surface area (Å²) < 4.78 is 43.3. The van der Waals surface area contributed by atoms with Crippen LogP contribution in [-0.2, 0) is 0 Å². The molecule has 0 atom stereocenters. The van der Waals surface area contributed by atoms with E-state index in [2.05, 4.69) is 19.7 Å². The monoisotopic (exact) mass is 458 g/mol. The fourth-order valence-electron chi connectivity index (χ4n) is 3.10. The van der Waals surface area contributed by atoms with Gasteiger partial charge < -0.3 is 19.2 Å². The maximum Gasteiger partial charge on any atom is 1.00 e. The minimum Gasteiger partial charge on any atom is -0.543 e. The molecule has 4 rings (SSSR count). The van der Waals surface area contributed by atoms with Gasteiger partial charge in [0.25, 0.3) is 0 Å². The number of hydrogen-bond acceptors (Lipinski definition) is 7. The molecule has 1 aromatic carbocycles. The Morgan fingerprint density at radius 1 is 1.23 bits per heavy atom. The summed E-state index contributed by atoms with van der Waals surface area (Å²) in [7, 11) is 0. The molecule has 1 saturated carbocycles. The molecule has 2 heterocycles. The van der Waals surface area contributed by atoms with Gasteiger partial charge in [0, 0.05) is 29.6 Å². The van der Waals surface area contributed by atoms with Crippen molar-refractivity contribution in [3.63, 3.8) is 0 Å². The zero-order valence-corrected chi connectivity index (χ0v) is 19.3. The van der Waals surface area contributed by atoms with Gasteiger partial charge in [0.2, 0.25) is 0 Å². The van der Waals surface area contributed by atoms with E-state index < -0.39 is 18.1 Å². The second-order valence-corrected chi connectivity index (χ2v) is 7.33. The van der Waals surface area contributed by atoms with E-state index in [9.17, 15) is 23.1 Å². The van der Waals surface area contributed by atoms with E-state index in [-0.39, 0.29) is 52.8 Å². The second kappa shape index (κ2) is 9.19. The van der Waals surface area contributed by atoms with Gasteiger partial charge in [0.15, 0.2) is 5.16 Å². The number of aromatic carboxylic acids is 1. The Labute approximate surface area is 201 Å². The number of carboxylic acids is 1. The fraction of sp³-hybridized carbons (Fsp3) is 0.263. The van der Waals surface area contributed by atoms with Crippen molar-refractivity contribution in [3.8, 4) is 28.4 Å². The number of nitrogens with zero attached hydrogens (tertiary/aromatic N) is 4. The SMILES string of the molecule is CSc1ncc(-c2nc(-c3cccc(OC(F)(F)F)c3)n(C3CC3)c2C(=O)[O-])cn1.[Na+]. The maximum atomic E-state index is 12.6. The molecule has 0 unspecified atom stereocenters. The third kappa shape index (κ3) is 5.22. The third-order valence-electron chi connectivity index (χ3n) is 4.43. The second-order valence-electron chi connectivity index (χ2n) is 6.56. The van der Waals surface area contributed by atoms with Crippen LogP contribution in [0.1, 0.15) is 29.4 Å². The van der Waals surface area contributed by atoms with Crippen molar-refractivity contribution in [3.05, 3.63) is 42.4 Å². The van der Waals surface area contributed by atoms with E-state index >= 15 is 0 Å².